The highest BCUT2D eigenvalue weighted by atomic mass is 16.8. The van der Waals surface area contributed by atoms with Gasteiger partial charge in [0.15, 0.2) is 25.2 Å². The third kappa shape index (κ3) is 32.4. The van der Waals surface area contributed by atoms with Gasteiger partial charge in [0, 0.05) is 26.7 Å². The molecule has 5 aliphatic rings. The molecule has 5 rings (SSSR count). The SMILES string of the molecule is CCCCCCCC/C=C\CCCCCCCCCCCCCC(=O)N[C@@H](CO[C@@H]1O[C@H](CO)[C@@H](O[C@@H]2O[C@H](CO)[C@H](O[C@@H]3O[C@H](CO)[C@H](O)[C@H](O[C@@H]4O[C@H](CO)[C@H](O)[C@H](O)[C@H]4O)[C@H]3NC(C)=O)[C@H](O[C@]3(C(=O)O)C[C@H](O)[C@@H](NC(C)=O)C([C@@H](O)[C@@H](O)CO)O3)[C@H]2O)[C@H](O)C1O)[C@H](O)/C=C/CCCCCCCCCCCCC. The van der Waals surface area contributed by atoms with E-state index in [0.29, 0.717) is 12.8 Å². The number of unbranched alkanes of at least 4 members (excludes halogenated alkanes) is 28. The van der Waals surface area contributed by atoms with Crippen molar-refractivity contribution in [3.63, 3.8) is 0 Å². The largest absolute Gasteiger partial charge is 0.477 e. The number of rotatable bonds is 57. The molecular weight excluding hydrogens is 1490 g/mol. The van der Waals surface area contributed by atoms with Gasteiger partial charge in [0.05, 0.1) is 63.9 Å². The van der Waals surface area contributed by atoms with Gasteiger partial charge in [0.2, 0.25) is 17.7 Å². The Morgan fingerprint density at radius 1 is 0.460 bits per heavy atom. The minimum Gasteiger partial charge on any atom is -0.477 e. The number of carbonyl (C=O) groups is 4. The van der Waals surface area contributed by atoms with Gasteiger partial charge in [0.1, 0.15) is 116 Å². The lowest BCUT2D eigenvalue weighted by molar-refractivity contribution is -0.403. The Morgan fingerprint density at radius 3 is 1.39 bits per heavy atom. The van der Waals surface area contributed by atoms with Crippen molar-refractivity contribution in [3.05, 3.63) is 24.3 Å². The summed E-state index contributed by atoms with van der Waals surface area (Å²) in [5, 5.41) is 197. The molecule has 0 aliphatic carbocycles. The van der Waals surface area contributed by atoms with E-state index in [1.807, 2.05) is 6.08 Å². The molecule has 0 aromatic carbocycles. The van der Waals surface area contributed by atoms with Crippen LogP contribution in [0.2, 0.25) is 0 Å². The number of hydrogen-bond donors (Lipinski definition) is 20. The molecule has 5 fully saturated rings. The van der Waals surface area contributed by atoms with Crippen LogP contribution in [0.4, 0.5) is 0 Å². The average Bonchev–Trinajstić information content (AvgIpc) is 0.767. The van der Waals surface area contributed by atoms with Crippen molar-refractivity contribution >= 4 is 23.7 Å². The summed E-state index contributed by atoms with van der Waals surface area (Å²) in [6.45, 7) is 0.334. The van der Waals surface area contributed by atoms with Gasteiger partial charge in [0.25, 0.3) is 5.79 Å². The van der Waals surface area contributed by atoms with E-state index >= 15 is 0 Å². The molecule has 0 aromatic heterocycles. The average molecular weight is 1630 g/mol. The van der Waals surface area contributed by atoms with Crippen molar-refractivity contribution in [3.8, 4) is 0 Å². The van der Waals surface area contributed by atoms with Gasteiger partial charge in [-0.1, -0.05) is 192 Å². The topological polar surface area (TPSA) is 541 Å². The lowest BCUT2D eigenvalue weighted by atomic mass is 9.88. The maximum absolute atomic E-state index is 13.8. The van der Waals surface area contributed by atoms with E-state index in [9.17, 15) is 106 Å². The summed E-state index contributed by atoms with van der Waals surface area (Å²) in [6.07, 6.45) is -7.34. The van der Waals surface area contributed by atoms with Gasteiger partial charge in [-0.05, 0) is 44.9 Å². The molecule has 34 heteroatoms. The molecule has 34 nitrogen and oxygen atoms in total. The van der Waals surface area contributed by atoms with Crippen molar-refractivity contribution < 1.29 is 153 Å². The molecule has 5 aliphatic heterocycles. The van der Waals surface area contributed by atoms with Crippen LogP contribution in [-0.4, -0.2) is 321 Å². The maximum Gasteiger partial charge on any atom is 0.364 e. The van der Waals surface area contributed by atoms with Crippen molar-refractivity contribution in [2.45, 2.75) is 411 Å². The zero-order valence-electron chi connectivity index (χ0n) is 66.8. The zero-order chi connectivity index (χ0) is 83.0. The van der Waals surface area contributed by atoms with E-state index in [4.69, 9.17) is 47.4 Å². The first-order valence-electron chi connectivity index (χ1n) is 41.7. The molecular formula is C79H141N3O31. The molecule has 658 valence electrons. The number of nitrogens with one attached hydrogen (secondary N) is 3. The molecule has 3 amide bonds. The smallest absolute Gasteiger partial charge is 0.364 e. The highest BCUT2D eigenvalue weighted by molar-refractivity contribution is 5.77. The second-order valence-electron chi connectivity index (χ2n) is 31.0. The van der Waals surface area contributed by atoms with Crippen molar-refractivity contribution in [2.75, 3.05) is 39.6 Å². The van der Waals surface area contributed by atoms with Crippen LogP contribution in [0.1, 0.15) is 240 Å². The summed E-state index contributed by atoms with van der Waals surface area (Å²) in [6, 6.07) is -4.81. The second-order valence-corrected chi connectivity index (χ2v) is 31.0. The van der Waals surface area contributed by atoms with Crippen molar-refractivity contribution in [2.24, 2.45) is 0 Å². The number of carboxylic acids is 1. The van der Waals surface area contributed by atoms with Crippen molar-refractivity contribution in [1.82, 2.24) is 16.0 Å². The third-order valence-electron chi connectivity index (χ3n) is 21.7. The predicted molar refractivity (Wildman–Crippen MR) is 406 cm³/mol. The van der Waals surface area contributed by atoms with Gasteiger partial charge < -0.3 is 150 Å². The Balaban J connectivity index is 1.34. The van der Waals surface area contributed by atoms with Crippen LogP contribution in [-0.2, 0) is 66.5 Å². The number of aliphatic hydroxyl groups is 16. The van der Waals surface area contributed by atoms with E-state index in [-0.39, 0.29) is 12.3 Å². The Hall–Kier alpha value is -3.68. The molecule has 5 heterocycles. The van der Waals surface area contributed by atoms with Crippen molar-refractivity contribution in [1.29, 1.82) is 0 Å². The standard InChI is InChI=1S/C79H141N3O31/c1-5-7-9-11-13-15-17-19-20-21-22-23-24-25-26-28-30-32-34-36-38-40-58(93)82-50(51(90)39-37-35-33-31-29-27-18-16-14-12-10-8-6-2)47-104-75-67(100)65(98)69(56(45-86)107-75)109-77-68(101)73(113-79(78(102)103)41-52(91)59(80-48(3)88)72(112-79)61(94)53(92)42-83)70(57(46-87)108-77)110-74-60(81-49(4)89)71(63(96)55(44-85)105-74)111-76-66(99)64(97)62(95)54(43-84)106-76/h19-20,37,39,50-57,59-77,83-87,90-92,94-101H,5-18,21-36,38,40-47H2,1-4H3,(H,80,88)(H,81,89)(H,82,93)(H,102,103)/b20-19-,39-37+/t50-,51+,52-,53-,54+,55+,56+,57+,59+,60+,61-,62-,63-,64-,65+,66+,67?,68+,69+,70-,71+,72?,73+,74-,75+,76-,77-,79-/m0/s1. The lowest BCUT2D eigenvalue weighted by Crippen LogP contribution is -2.72. The summed E-state index contributed by atoms with van der Waals surface area (Å²) in [5.74, 6) is -7.71. The van der Waals surface area contributed by atoms with E-state index in [0.717, 1.165) is 78.1 Å². The van der Waals surface area contributed by atoms with Gasteiger partial charge in [-0.3, -0.25) is 14.4 Å². The van der Waals surface area contributed by atoms with E-state index in [1.54, 1.807) is 6.08 Å². The molecule has 0 saturated carbocycles. The number of carboxylic acid groups (broad SMARTS) is 1. The second kappa shape index (κ2) is 54.5. The van der Waals surface area contributed by atoms with E-state index in [1.165, 1.54) is 122 Å². The summed E-state index contributed by atoms with van der Waals surface area (Å²) in [4.78, 5) is 53.1. The Labute approximate surface area is 665 Å². The number of carbonyl (C=O) groups excluding carboxylic acids is 3. The predicted octanol–water partition coefficient (Wildman–Crippen LogP) is 1.07. The number of amides is 3. The number of aliphatic carboxylic acids is 1. The quantitative estimate of drug-likeness (QED) is 0.0299. The highest BCUT2D eigenvalue weighted by Crippen LogP contribution is 2.41. The summed E-state index contributed by atoms with van der Waals surface area (Å²) in [5.41, 5.74) is 0. The van der Waals surface area contributed by atoms with E-state index < -0.39 is 235 Å². The molecule has 0 bridgehead atoms. The molecule has 5 saturated heterocycles. The first-order valence-corrected chi connectivity index (χ1v) is 41.7. The zero-order valence-corrected chi connectivity index (χ0v) is 66.8. The van der Waals surface area contributed by atoms with Gasteiger partial charge in [-0.25, -0.2) is 4.79 Å². The number of ether oxygens (including phenoxy) is 10. The molecule has 20 N–H and O–H groups in total. The van der Waals surface area contributed by atoms with Crippen LogP contribution in [0.15, 0.2) is 24.3 Å². The van der Waals surface area contributed by atoms with E-state index in [2.05, 4.69) is 41.9 Å². The van der Waals surface area contributed by atoms with Crippen LogP contribution >= 0.6 is 0 Å². The molecule has 28 atom stereocenters. The summed E-state index contributed by atoms with van der Waals surface area (Å²) in [7, 11) is 0. The normalized spacial score (nSPS) is 33.5. The Morgan fingerprint density at radius 2 is 0.885 bits per heavy atom. The maximum atomic E-state index is 13.8. The van der Waals surface area contributed by atoms with Crippen LogP contribution in [0.5, 0.6) is 0 Å². The van der Waals surface area contributed by atoms with Crippen LogP contribution < -0.4 is 16.0 Å². The van der Waals surface area contributed by atoms with Crippen LogP contribution in [0.3, 0.4) is 0 Å². The van der Waals surface area contributed by atoms with Crippen LogP contribution in [0, 0.1) is 0 Å². The van der Waals surface area contributed by atoms with Gasteiger partial charge in [-0.15, -0.1) is 0 Å². The first-order chi connectivity index (χ1) is 54.3. The monoisotopic (exact) mass is 1630 g/mol. The molecule has 113 heavy (non-hydrogen) atoms. The molecule has 0 spiro atoms. The molecule has 2 unspecified atom stereocenters. The van der Waals surface area contributed by atoms with Gasteiger partial charge >= 0.3 is 5.97 Å². The number of hydrogen-bond acceptors (Lipinski definition) is 30. The summed E-state index contributed by atoms with van der Waals surface area (Å²) >= 11 is 0. The lowest BCUT2D eigenvalue weighted by Gasteiger charge is -2.52. The minimum absolute atomic E-state index is 0.131. The summed E-state index contributed by atoms with van der Waals surface area (Å²) < 4.78 is 60.2. The molecule has 0 radical (unpaired) electrons. The van der Waals surface area contributed by atoms with Crippen LogP contribution in [0.25, 0.3) is 0 Å². The fourth-order valence-electron chi connectivity index (χ4n) is 15.1. The highest BCUT2D eigenvalue weighted by Gasteiger charge is 2.62. The third-order valence-corrected chi connectivity index (χ3v) is 21.7. The molecule has 0 aromatic rings. The van der Waals surface area contributed by atoms with Gasteiger partial charge in [-0.2, -0.15) is 0 Å². The Kier molecular flexibility index (Phi) is 48.2. The fourth-order valence-corrected chi connectivity index (χ4v) is 15.1. The fraction of sp³-hybridized carbons (Fsp3) is 0.899. The number of allylic oxidation sites excluding steroid dienone is 3. The minimum atomic E-state index is -3.38. The number of aliphatic hydroxyl groups excluding tert-OH is 16. The Bertz CT molecular complexity index is 2660. The first kappa shape index (κ1) is 99.9.